The molecule has 2 N–H and O–H groups in total. The first-order valence-corrected chi connectivity index (χ1v) is 7.56. The molecule has 0 amide bonds. The summed E-state index contributed by atoms with van der Waals surface area (Å²) in [4.78, 5) is 0. The van der Waals surface area contributed by atoms with Crippen LogP contribution < -0.4 is 5.73 Å². The molecule has 3 nitrogen and oxygen atoms in total. The van der Waals surface area contributed by atoms with E-state index in [9.17, 15) is 0 Å². The van der Waals surface area contributed by atoms with Crippen LogP contribution in [0.4, 0.5) is 5.82 Å². The fourth-order valence-corrected chi connectivity index (χ4v) is 3.35. The maximum atomic E-state index is 6.06. The average Bonchev–Trinajstić information content (AvgIpc) is 2.89. The molecule has 0 atom stereocenters. The third-order valence-electron chi connectivity index (χ3n) is 2.97. The molecule has 3 rings (SSSR count). The molecular formula is C13H12IN3S. The maximum Gasteiger partial charge on any atom is 0.135 e. The molecule has 2 heterocycles. The first kappa shape index (κ1) is 12.0. The predicted molar refractivity (Wildman–Crippen MR) is 85.0 cm³/mol. The van der Waals surface area contributed by atoms with Crippen LogP contribution in [0.15, 0.2) is 29.6 Å². The number of hydrogen-bond acceptors (Lipinski definition) is 3. The van der Waals surface area contributed by atoms with Gasteiger partial charge in [-0.25, -0.2) is 4.68 Å². The number of anilines is 1. The predicted octanol–water partition coefficient (Wildman–Crippen LogP) is 3.64. The lowest BCUT2D eigenvalue weighted by Crippen LogP contribution is -2.05. The van der Waals surface area contributed by atoms with Crippen LogP contribution in [0.25, 0.3) is 10.1 Å². The summed E-state index contributed by atoms with van der Waals surface area (Å²) in [6.45, 7) is 2.72. The quantitative estimate of drug-likeness (QED) is 0.701. The zero-order valence-electron chi connectivity index (χ0n) is 9.85. The monoisotopic (exact) mass is 369 g/mol. The van der Waals surface area contributed by atoms with E-state index in [1.165, 1.54) is 15.6 Å². The Hall–Kier alpha value is -1.08. The van der Waals surface area contributed by atoms with Crippen LogP contribution in [-0.4, -0.2) is 9.78 Å². The van der Waals surface area contributed by atoms with Crippen LogP contribution >= 0.6 is 33.9 Å². The van der Waals surface area contributed by atoms with Gasteiger partial charge in [-0.1, -0.05) is 18.2 Å². The number of halogens is 1. The Balaban J connectivity index is 2.04. The van der Waals surface area contributed by atoms with Gasteiger partial charge in [-0.3, -0.25) is 0 Å². The summed E-state index contributed by atoms with van der Waals surface area (Å²) in [6, 6.07) is 8.43. The summed E-state index contributed by atoms with van der Waals surface area (Å²) >= 11 is 4.01. The first-order chi connectivity index (χ1) is 8.66. The second-order valence-electron chi connectivity index (χ2n) is 4.20. The number of benzene rings is 1. The standard InChI is InChI=1S/C13H12IN3S/c1-8-12(14)13(15)17(16-8)6-9-7-18-11-5-3-2-4-10(9)11/h2-5,7H,6,15H2,1H3. The van der Waals surface area contributed by atoms with Gasteiger partial charge in [0.05, 0.1) is 15.8 Å². The normalized spacial score (nSPS) is 11.2. The molecule has 0 saturated carbocycles. The van der Waals surface area contributed by atoms with Crippen molar-refractivity contribution in [1.29, 1.82) is 0 Å². The Morgan fingerprint density at radius 3 is 2.89 bits per heavy atom. The molecule has 18 heavy (non-hydrogen) atoms. The van der Waals surface area contributed by atoms with Crippen molar-refractivity contribution in [3.8, 4) is 0 Å². The molecule has 0 spiro atoms. The lowest BCUT2D eigenvalue weighted by Gasteiger charge is -2.03. The molecule has 5 heteroatoms. The largest absolute Gasteiger partial charge is 0.383 e. The fraction of sp³-hybridized carbons (Fsp3) is 0.154. The minimum atomic E-state index is 0.736. The minimum absolute atomic E-state index is 0.736. The third kappa shape index (κ3) is 1.91. The van der Waals surface area contributed by atoms with Crippen molar-refractivity contribution in [2.24, 2.45) is 0 Å². The number of nitrogens with two attached hydrogens (primary N) is 1. The Labute approximate surface area is 123 Å². The van der Waals surface area contributed by atoms with Gasteiger partial charge in [0.25, 0.3) is 0 Å². The van der Waals surface area contributed by atoms with Crippen molar-refractivity contribution in [1.82, 2.24) is 9.78 Å². The van der Waals surface area contributed by atoms with Crippen LogP contribution in [0.1, 0.15) is 11.3 Å². The summed E-state index contributed by atoms with van der Waals surface area (Å²) in [5, 5.41) is 7.97. The van der Waals surface area contributed by atoms with Gasteiger partial charge in [-0.2, -0.15) is 5.10 Å². The van der Waals surface area contributed by atoms with E-state index in [1.54, 1.807) is 11.3 Å². The van der Waals surface area contributed by atoms with E-state index in [2.05, 4.69) is 57.3 Å². The number of rotatable bonds is 2. The van der Waals surface area contributed by atoms with Gasteiger partial charge in [0.1, 0.15) is 5.82 Å². The maximum absolute atomic E-state index is 6.06. The smallest absolute Gasteiger partial charge is 0.135 e. The second kappa shape index (κ2) is 4.55. The van der Waals surface area contributed by atoms with Gasteiger partial charge in [0, 0.05) is 4.70 Å². The van der Waals surface area contributed by atoms with Crippen molar-refractivity contribution in [2.45, 2.75) is 13.5 Å². The zero-order chi connectivity index (χ0) is 12.7. The van der Waals surface area contributed by atoms with Gasteiger partial charge in [0.2, 0.25) is 0 Å². The van der Waals surface area contributed by atoms with Crippen molar-refractivity contribution in [3.63, 3.8) is 0 Å². The second-order valence-corrected chi connectivity index (χ2v) is 6.19. The third-order valence-corrected chi connectivity index (χ3v) is 5.32. The van der Waals surface area contributed by atoms with E-state index in [0.717, 1.165) is 21.6 Å². The van der Waals surface area contributed by atoms with E-state index >= 15 is 0 Å². The highest BCUT2D eigenvalue weighted by Gasteiger charge is 2.11. The topological polar surface area (TPSA) is 43.8 Å². The summed E-state index contributed by atoms with van der Waals surface area (Å²) in [7, 11) is 0. The molecule has 0 saturated heterocycles. The number of fused-ring (bicyclic) bond motifs is 1. The highest BCUT2D eigenvalue weighted by atomic mass is 127. The van der Waals surface area contributed by atoms with Gasteiger partial charge in [-0.05, 0) is 51.9 Å². The lowest BCUT2D eigenvalue weighted by molar-refractivity contribution is 0.693. The van der Waals surface area contributed by atoms with Crippen molar-refractivity contribution < 1.29 is 0 Å². The SMILES string of the molecule is Cc1nn(Cc2csc3ccccc23)c(N)c1I. The highest BCUT2D eigenvalue weighted by molar-refractivity contribution is 14.1. The molecule has 0 aliphatic rings. The Kier molecular flexibility index (Phi) is 3.03. The number of hydrogen-bond donors (Lipinski definition) is 1. The zero-order valence-corrected chi connectivity index (χ0v) is 12.8. The molecular weight excluding hydrogens is 357 g/mol. The van der Waals surface area contributed by atoms with Crippen LogP contribution in [0, 0.1) is 10.5 Å². The van der Waals surface area contributed by atoms with E-state index in [1.807, 2.05) is 11.6 Å². The van der Waals surface area contributed by atoms with Crippen molar-refractivity contribution >= 4 is 49.8 Å². The molecule has 1 aromatic carbocycles. The number of nitrogens with zero attached hydrogens (tertiary/aromatic N) is 2. The fourth-order valence-electron chi connectivity index (χ4n) is 2.01. The lowest BCUT2D eigenvalue weighted by atomic mass is 10.2. The number of aromatic nitrogens is 2. The van der Waals surface area contributed by atoms with Gasteiger partial charge in [-0.15, -0.1) is 11.3 Å². The summed E-state index contributed by atoms with van der Waals surface area (Å²) in [5.74, 6) is 0.753. The molecule has 0 fully saturated rings. The Morgan fingerprint density at radius 2 is 2.17 bits per heavy atom. The molecule has 0 aliphatic carbocycles. The van der Waals surface area contributed by atoms with Crippen LogP contribution in [0.3, 0.4) is 0 Å². The number of aryl methyl sites for hydroxylation is 1. The van der Waals surface area contributed by atoms with Crippen LogP contribution in [0.2, 0.25) is 0 Å². The molecule has 0 radical (unpaired) electrons. The molecule has 92 valence electrons. The summed E-state index contributed by atoms with van der Waals surface area (Å²) < 4.78 is 4.24. The van der Waals surface area contributed by atoms with E-state index in [-0.39, 0.29) is 0 Å². The Bertz CT molecular complexity index is 714. The summed E-state index contributed by atoms with van der Waals surface area (Å²) in [6.07, 6.45) is 0. The molecule has 0 aliphatic heterocycles. The van der Waals surface area contributed by atoms with E-state index < -0.39 is 0 Å². The highest BCUT2D eigenvalue weighted by Crippen LogP contribution is 2.27. The van der Waals surface area contributed by atoms with Gasteiger partial charge < -0.3 is 5.73 Å². The van der Waals surface area contributed by atoms with Gasteiger partial charge >= 0.3 is 0 Å². The van der Waals surface area contributed by atoms with E-state index in [0.29, 0.717) is 0 Å². The van der Waals surface area contributed by atoms with Crippen LogP contribution in [0.5, 0.6) is 0 Å². The molecule has 0 bridgehead atoms. The average molecular weight is 369 g/mol. The number of thiophene rings is 1. The molecule has 3 aromatic rings. The summed E-state index contributed by atoms with van der Waals surface area (Å²) in [5.41, 5.74) is 8.33. The Morgan fingerprint density at radius 1 is 1.39 bits per heavy atom. The molecule has 0 unspecified atom stereocenters. The van der Waals surface area contributed by atoms with E-state index in [4.69, 9.17) is 5.73 Å². The van der Waals surface area contributed by atoms with Crippen LogP contribution in [-0.2, 0) is 6.54 Å². The van der Waals surface area contributed by atoms with Crippen molar-refractivity contribution in [2.75, 3.05) is 5.73 Å². The van der Waals surface area contributed by atoms with Gasteiger partial charge in [0.15, 0.2) is 0 Å². The first-order valence-electron chi connectivity index (χ1n) is 5.60. The molecule has 2 aromatic heterocycles. The van der Waals surface area contributed by atoms with Crippen molar-refractivity contribution in [3.05, 3.63) is 44.5 Å². The minimum Gasteiger partial charge on any atom is -0.383 e. The number of nitrogen functional groups attached to an aromatic ring is 1.